The number of rotatable bonds is 4. The number of hydrogen-bond donors (Lipinski definition) is 1. The number of ether oxygens (including phenoxy) is 1. The number of halogens is 4. The smallest absolute Gasteiger partial charge is 0.475 e. The molecule has 1 N–H and O–H groups in total. The number of alkyl halides is 3. The molecule has 0 spiro atoms. The van der Waals surface area contributed by atoms with Crippen LogP contribution in [-0.4, -0.2) is 70.2 Å². The molecule has 34 heavy (non-hydrogen) atoms. The van der Waals surface area contributed by atoms with Gasteiger partial charge in [-0.3, -0.25) is 9.69 Å². The maximum atomic E-state index is 13.0. The first-order valence-corrected chi connectivity index (χ1v) is 10.9. The molecule has 4 rings (SSSR count). The normalized spacial score (nSPS) is 17.1. The Kier molecular flexibility index (Phi) is 8.43. The molecule has 2 aromatic rings. The van der Waals surface area contributed by atoms with Crippen molar-refractivity contribution in [2.75, 3.05) is 26.2 Å². The average molecular weight is 483 g/mol. The van der Waals surface area contributed by atoms with E-state index >= 15 is 0 Å². The molecule has 1 saturated heterocycles. The van der Waals surface area contributed by atoms with Gasteiger partial charge in [0.1, 0.15) is 23.0 Å². The molecule has 1 aromatic carbocycles. The molecule has 2 fully saturated rings. The summed E-state index contributed by atoms with van der Waals surface area (Å²) in [5, 5.41) is 7.12. The molecule has 0 bridgehead atoms. The van der Waals surface area contributed by atoms with Crippen LogP contribution in [0.4, 0.5) is 17.6 Å². The average Bonchev–Trinajstić information content (AvgIpc) is 3.00. The van der Waals surface area contributed by atoms with Crippen LogP contribution in [0.25, 0.3) is 0 Å². The van der Waals surface area contributed by atoms with E-state index in [1.54, 1.807) is 24.3 Å². The lowest BCUT2D eigenvalue weighted by Gasteiger charge is -2.36. The van der Waals surface area contributed by atoms with Gasteiger partial charge in [-0.15, -0.1) is 0 Å². The van der Waals surface area contributed by atoms with Gasteiger partial charge >= 0.3 is 12.1 Å². The lowest BCUT2D eigenvalue weighted by atomic mass is 9.91. The second kappa shape index (κ2) is 11.3. The predicted molar refractivity (Wildman–Crippen MR) is 114 cm³/mol. The van der Waals surface area contributed by atoms with E-state index in [1.807, 2.05) is 4.90 Å². The van der Waals surface area contributed by atoms with Gasteiger partial charge in [0.25, 0.3) is 5.91 Å². The molecule has 1 aromatic heterocycles. The Morgan fingerprint density at radius 2 is 1.59 bits per heavy atom. The number of carbonyl (C=O) groups excluding carboxylic acids is 1. The van der Waals surface area contributed by atoms with Crippen LogP contribution >= 0.6 is 0 Å². The standard InChI is InChI=1S/C21H24FN3O2.C2HF3O2/c22-16-5-7-18(8-6-16)27-19-9-10-20(23-15-19)21(26)25-12-2-11-24(13-14-25)17-3-1-4-17;3-2(4,5)1(6)7/h5-10,15,17H,1-4,11-14H2;(H,6,7). The third-order valence-corrected chi connectivity index (χ3v) is 5.66. The van der Waals surface area contributed by atoms with E-state index < -0.39 is 12.1 Å². The van der Waals surface area contributed by atoms with E-state index in [2.05, 4.69) is 9.88 Å². The van der Waals surface area contributed by atoms with Gasteiger partial charge in [-0.1, -0.05) is 6.42 Å². The van der Waals surface area contributed by atoms with Gasteiger partial charge in [-0.05, 0) is 55.7 Å². The van der Waals surface area contributed by atoms with Gasteiger partial charge in [-0.2, -0.15) is 13.2 Å². The third-order valence-electron chi connectivity index (χ3n) is 5.66. The molecule has 2 heterocycles. The molecule has 0 radical (unpaired) electrons. The molecule has 1 aliphatic carbocycles. The van der Waals surface area contributed by atoms with E-state index in [0.717, 1.165) is 38.6 Å². The Bertz CT molecular complexity index is 964. The van der Waals surface area contributed by atoms with Crippen LogP contribution in [-0.2, 0) is 4.79 Å². The Morgan fingerprint density at radius 1 is 0.941 bits per heavy atom. The van der Waals surface area contributed by atoms with Crippen molar-refractivity contribution in [3.8, 4) is 11.5 Å². The van der Waals surface area contributed by atoms with Crippen molar-refractivity contribution in [2.45, 2.75) is 37.9 Å². The summed E-state index contributed by atoms with van der Waals surface area (Å²) in [6.45, 7) is 3.55. The summed E-state index contributed by atoms with van der Waals surface area (Å²) in [4.78, 5) is 30.4. The SMILES string of the molecule is O=C(O)C(F)(F)F.O=C(c1ccc(Oc2ccc(F)cc2)cn1)N1CCCN(C2CCC2)CC1. The number of carboxylic acids is 1. The molecule has 1 amide bonds. The van der Waals surface area contributed by atoms with Crippen LogP contribution in [0.3, 0.4) is 0 Å². The zero-order valence-electron chi connectivity index (χ0n) is 18.3. The Hall–Kier alpha value is -3.21. The molecule has 1 saturated carbocycles. The highest BCUT2D eigenvalue weighted by atomic mass is 19.4. The molecule has 184 valence electrons. The number of aliphatic carboxylic acids is 1. The van der Waals surface area contributed by atoms with E-state index in [9.17, 15) is 22.4 Å². The molecule has 1 aliphatic heterocycles. The fraction of sp³-hybridized carbons (Fsp3) is 0.435. The van der Waals surface area contributed by atoms with Crippen molar-refractivity contribution in [3.63, 3.8) is 0 Å². The zero-order chi connectivity index (χ0) is 24.7. The van der Waals surface area contributed by atoms with Crippen molar-refractivity contribution in [3.05, 3.63) is 54.1 Å². The summed E-state index contributed by atoms with van der Waals surface area (Å²) in [5.74, 6) is -2.05. The molecule has 7 nitrogen and oxygen atoms in total. The summed E-state index contributed by atoms with van der Waals surface area (Å²) in [6.07, 6.45) is 1.39. The van der Waals surface area contributed by atoms with Gasteiger partial charge in [0.05, 0.1) is 6.20 Å². The minimum Gasteiger partial charge on any atom is -0.475 e. The zero-order valence-corrected chi connectivity index (χ0v) is 18.3. The molecule has 11 heteroatoms. The first-order chi connectivity index (χ1) is 16.1. The highest BCUT2D eigenvalue weighted by molar-refractivity contribution is 5.92. The molecule has 2 aliphatic rings. The van der Waals surface area contributed by atoms with Crippen LogP contribution in [0.2, 0.25) is 0 Å². The predicted octanol–water partition coefficient (Wildman–Crippen LogP) is 4.35. The molecule has 0 atom stereocenters. The minimum absolute atomic E-state index is 0.0289. The van der Waals surface area contributed by atoms with Crippen molar-refractivity contribution in [2.24, 2.45) is 0 Å². The number of amides is 1. The minimum atomic E-state index is -5.08. The largest absolute Gasteiger partial charge is 0.490 e. The number of carbonyl (C=O) groups is 2. The van der Waals surface area contributed by atoms with Gasteiger partial charge < -0.3 is 14.7 Å². The number of aromatic nitrogens is 1. The maximum Gasteiger partial charge on any atom is 0.490 e. The number of hydrogen-bond acceptors (Lipinski definition) is 5. The third kappa shape index (κ3) is 7.14. The van der Waals surface area contributed by atoms with E-state index in [1.165, 1.54) is 37.6 Å². The summed E-state index contributed by atoms with van der Waals surface area (Å²) in [5.41, 5.74) is 0.429. The molecule has 0 unspecified atom stereocenters. The fourth-order valence-corrected chi connectivity index (χ4v) is 3.63. The lowest BCUT2D eigenvalue weighted by molar-refractivity contribution is -0.192. The second-order valence-electron chi connectivity index (χ2n) is 8.00. The highest BCUT2D eigenvalue weighted by Gasteiger charge is 2.38. The first-order valence-electron chi connectivity index (χ1n) is 10.9. The van der Waals surface area contributed by atoms with Crippen LogP contribution < -0.4 is 4.74 Å². The van der Waals surface area contributed by atoms with Crippen molar-refractivity contribution < 1.29 is 37.0 Å². The van der Waals surface area contributed by atoms with Crippen molar-refractivity contribution in [1.82, 2.24) is 14.8 Å². The van der Waals surface area contributed by atoms with Gasteiger partial charge in [0, 0.05) is 32.2 Å². The molecular formula is C23H25F4N3O4. The lowest BCUT2D eigenvalue weighted by Crippen LogP contribution is -2.42. The number of carboxylic acid groups (broad SMARTS) is 1. The monoisotopic (exact) mass is 483 g/mol. The highest BCUT2D eigenvalue weighted by Crippen LogP contribution is 2.26. The van der Waals surface area contributed by atoms with Crippen molar-refractivity contribution in [1.29, 1.82) is 0 Å². The van der Waals surface area contributed by atoms with E-state index in [-0.39, 0.29) is 11.7 Å². The summed E-state index contributed by atoms with van der Waals surface area (Å²) >= 11 is 0. The van der Waals surface area contributed by atoms with Gasteiger partial charge in [0.15, 0.2) is 0 Å². The van der Waals surface area contributed by atoms with Crippen LogP contribution in [0.15, 0.2) is 42.6 Å². The topological polar surface area (TPSA) is 83.0 Å². The van der Waals surface area contributed by atoms with Crippen molar-refractivity contribution >= 4 is 11.9 Å². The van der Waals surface area contributed by atoms with Crippen LogP contribution in [0, 0.1) is 5.82 Å². The summed E-state index contributed by atoms with van der Waals surface area (Å²) < 4.78 is 50.3. The maximum absolute atomic E-state index is 13.0. The Balaban J connectivity index is 0.000000406. The Morgan fingerprint density at radius 3 is 2.12 bits per heavy atom. The summed E-state index contributed by atoms with van der Waals surface area (Å²) in [6, 6.07) is 9.93. The quantitative estimate of drug-likeness (QED) is 0.652. The van der Waals surface area contributed by atoms with Gasteiger partial charge in [0.2, 0.25) is 0 Å². The number of pyridine rings is 1. The van der Waals surface area contributed by atoms with Crippen LogP contribution in [0.5, 0.6) is 11.5 Å². The second-order valence-corrected chi connectivity index (χ2v) is 8.00. The van der Waals surface area contributed by atoms with Crippen LogP contribution in [0.1, 0.15) is 36.2 Å². The molecular weight excluding hydrogens is 458 g/mol. The number of benzene rings is 1. The van der Waals surface area contributed by atoms with E-state index in [4.69, 9.17) is 14.6 Å². The fourth-order valence-electron chi connectivity index (χ4n) is 3.63. The Labute approximate surface area is 193 Å². The summed E-state index contributed by atoms with van der Waals surface area (Å²) in [7, 11) is 0. The van der Waals surface area contributed by atoms with E-state index in [0.29, 0.717) is 17.2 Å². The number of nitrogens with zero attached hydrogens (tertiary/aromatic N) is 3. The van der Waals surface area contributed by atoms with Gasteiger partial charge in [-0.25, -0.2) is 14.2 Å². The first kappa shape index (κ1) is 25.4.